The normalized spacial score (nSPS) is 14.3. The van der Waals surface area contributed by atoms with Crippen LogP contribution < -0.4 is 0 Å². The number of halogens is 2. The fourth-order valence-electron chi connectivity index (χ4n) is 3.62. The molecule has 1 aromatic carbocycles. The van der Waals surface area contributed by atoms with Gasteiger partial charge in [-0.3, -0.25) is 14.4 Å². The molecule has 1 aromatic heterocycles. The zero-order valence-electron chi connectivity index (χ0n) is 15.9. The van der Waals surface area contributed by atoms with Gasteiger partial charge in [-0.15, -0.1) is 0 Å². The molecule has 0 radical (unpaired) electrons. The molecule has 1 saturated heterocycles. The first-order chi connectivity index (χ1) is 13.2. The number of H-pyrrole nitrogens is 1. The van der Waals surface area contributed by atoms with E-state index < -0.39 is 0 Å². The van der Waals surface area contributed by atoms with E-state index in [2.05, 4.69) is 4.98 Å². The van der Waals surface area contributed by atoms with Crippen molar-refractivity contribution >= 4 is 40.8 Å². The number of Topliss-reactive ketones (excluding diaryl/α,β-unsaturated/α-hetero) is 1. The number of aromatic nitrogens is 1. The standard InChI is InChI=1S/C20H21Cl2N3O3/c1-11-17(13(3)26)12(2)23-18(11)20(28)25-6-4-24(5-7-25)19(27)14-8-15(21)10-16(22)9-14/h8-10,23H,4-7H2,1-3H3. The van der Waals surface area contributed by atoms with Crippen LogP contribution in [0.5, 0.6) is 0 Å². The minimum atomic E-state index is -0.165. The molecule has 0 saturated carbocycles. The molecule has 1 N–H and O–H groups in total. The van der Waals surface area contributed by atoms with Gasteiger partial charge in [0.15, 0.2) is 5.78 Å². The molecule has 1 aliphatic rings. The van der Waals surface area contributed by atoms with Crippen molar-refractivity contribution in [2.24, 2.45) is 0 Å². The molecule has 2 amide bonds. The van der Waals surface area contributed by atoms with Crippen LogP contribution in [-0.4, -0.2) is 58.6 Å². The highest BCUT2D eigenvalue weighted by Gasteiger charge is 2.28. The van der Waals surface area contributed by atoms with Gasteiger partial charge in [-0.25, -0.2) is 0 Å². The first-order valence-electron chi connectivity index (χ1n) is 8.93. The third-order valence-corrected chi connectivity index (χ3v) is 5.40. The summed E-state index contributed by atoms with van der Waals surface area (Å²) in [5.41, 5.74) is 2.79. The maximum atomic E-state index is 12.9. The second kappa shape index (κ2) is 7.97. The Labute approximate surface area is 173 Å². The van der Waals surface area contributed by atoms with Gasteiger partial charge in [-0.1, -0.05) is 23.2 Å². The van der Waals surface area contributed by atoms with E-state index in [1.807, 2.05) is 0 Å². The number of nitrogens with zero attached hydrogens (tertiary/aromatic N) is 2. The maximum Gasteiger partial charge on any atom is 0.270 e. The summed E-state index contributed by atoms with van der Waals surface area (Å²) in [6, 6.07) is 4.75. The van der Waals surface area contributed by atoms with E-state index in [4.69, 9.17) is 23.2 Å². The van der Waals surface area contributed by atoms with Crippen LogP contribution in [0.25, 0.3) is 0 Å². The van der Waals surface area contributed by atoms with Gasteiger partial charge >= 0.3 is 0 Å². The van der Waals surface area contributed by atoms with Crippen molar-refractivity contribution in [3.05, 3.63) is 56.3 Å². The van der Waals surface area contributed by atoms with Gasteiger partial charge in [0.05, 0.1) is 0 Å². The molecule has 0 aliphatic carbocycles. The van der Waals surface area contributed by atoms with Gasteiger partial charge in [0.25, 0.3) is 11.8 Å². The number of hydrogen-bond acceptors (Lipinski definition) is 3. The van der Waals surface area contributed by atoms with E-state index in [9.17, 15) is 14.4 Å². The number of rotatable bonds is 3. The van der Waals surface area contributed by atoms with E-state index in [1.165, 1.54) is 6.92 Å². The van der Waals surface area contributed by atoms with Crippen LogP contribution in [0.1, 0.15) is 49.4 Å². The third kappa shape index (κ3) is 3.93. The number of hydrogen-bond donors (Lipinski definition) is 1. The lowest BCUT2D eigenvalue weighted by molar-refractivity contribution is 0.0532. The van der Waals surface area contributed by atoms with Gasteiger partial charge in [0.2, 0.25) is 0 Å². The second-order valence-electron chi connectivity index (χ2n) is 6.92. The monoisotopic (exact) mass is 421 g/mol. The largest absolute Gasteiger partial charge is 0.354 e. The number of nitrogens with one attached hydrogen (secondary N) is 1. The van der Waals surface area contributed by atoms with E-state index in [1.54, 1.807) is 41.8 Å². The summed E-state index contributed by atoms with van der Waals surface area (Å²) in [7, 11) is 0. The van der Waals surface area contributed by atoms with E-state index in [-0.39, 0.29) is 17.6 Å². The highest BCUT2D eigenvalue weighted by Crippen LogP contribution is 2.22. The molecule has 8 heteroatoms. The van der Waals surface area contributed by atoms with Crippen molar-refractivity contribution in [3.8, 4) is 0 Å². The smallest absolute Gasteiger partial charge is 0.270 e. The quantitative estimate of drug-likeness (QED) is 0.766. The Bertz CT molecular complexity index is 940. The van der Waals surface area contributed by atoms with Crippen molar-refractivity contribution in [1.82, 2.24) is 14.8 Å². The lowest BCUT2D eigenvalue weighted by Crippen LogP contribution is -2.50. The molecule has 148 valence electrons. The summed E-state index contributed by atoms with van der Waals surface area (Å²) < 4.78 is 0. The molecule has 3 rings (SSSR count). The van der Waals surface area contributed by atoms with Crippen LogP contribution in [0, 0.1) is 13.8 Å². The predicted molar refractivity (Wildman–Crippen MR) is 109 cm³/mol. The Morgan fingerprint density at radius 1 is 0.893 bits per heavy atom. The number of aryl methyl sites for hydroxylation is 1. The topological polar surface area (TPSA) is 73.5 Å². The predicted octanol–water partition coefficient (Wildman–Crippen LogP) is 3.74. The molecule has 6 nitrogen and oxygen atoms in total. The van der Waals surface area contributed by atoms with E-state index >= 15 is 0 Å². The first-order valence-corrected chi connectivity index (χ1v) is 9.69. The molecule has 2 aromatic rings. The molecule has 1 fully saturated rings. The summed E-state index contributed by atoms with van der Waals surface area (Å²) in [4.78, 5) is 43.8. The van der Waals surface area contributed by atoms with Crippen LogP contribution in [0.15, 0.2) is 18.2 Å². The Morgan fingerprint density at radius 3 is 1.86 bits per heavy atom. The number of carbonyl (C=O) groups is 3. The number of piperazine rings is 1. The van der Waals surface area contributed by atoms with Crippen molar-refractivity contribution in [1.29, 1.82) is 0 Å². The Balaban J connectivity index is 1.70. The molecule has 28 heavy (non-hydrogen) atoms. The number of benzene rings is 1. The molecule has 1 aliphatic heterocycles. The first kappa shape index (κ1) is 20.4. The van der Waals surface area contributed by atoms with Crippen LogP contribution in [0.3, 0.4) is 0 Å². The lowest BCUT2D eigenvalue weighted by Gasteiger charge is -2.34. The molecule has 0 atom stereocenters. The summed E-state index contributed by atoms with van der Waals surface area (Å²) in [5, 5.41) is 0.812. The fraction of sp³-hybridized carbons (Fsp3) is 0.350. The van der Waals surface area contributed by atoms with Crippen LogP contribution in [0.2, 0.25) is 10.0 Å². The minimum Gasteiger partial charge on any atom is -0.354 e. The molecule has 0 bridgehead atoms. The van der Waals surface area contributed by atoms with Crippen molar-refractivity contribution < 1.29 is 14.4 Å². The van der Waals surface area contributed by atoms with Gasteiger partial charge in [-0.2, -0.15) is 0 Å². The average Bonchev–Trinajstić information content (AvgIpc) is 2.94. The van der Waals surface area contributed by atoms with Crippen molar-refractivity contribution in [3.63, 3.8) is 0 Å². The molecule has 0 unspecified atom stereocenters. The summed E-state index contributed by atoms with van der Waals surface area (Å²) in [5.74, 6) is -0.394. The minimum absolute atomic E-state index is 0.0686. The Morgan fingerprint density at radius 2 is 1.39 bits per heavy atom. The van der Waals surface area contributed by atoms with Crippen molar-refractivity contribution in [2.75, 3.05) is 26.2 Å². The van der Waals surface area contributed by atoms with E-state index in [0.29, 0.717) is 64.3 Å². The molecular formula is C20H21Cl2N3O3. The van der Waals surface area contributed by atoms with Gasteiger partial charge < -0.3 is 14.8 Å². The number of carbonyl (C=O) groups excluding carboxylic acids is 3. The highest BCUT2D eigenvalue weighted by molar-refractivity contribution is 6.35. The third-order valence-electron chi connectivity index (χ3n) is 4.97. The van der Waals surface area contributed by atoms with Gasteiger partial charge in [0, 0.05) is 53.0 Å². The average molecular weight is 422 g/mol. The number of aromatic amines is 1. The number of ketones is 1. The zero-order valence-corrected chi connectivity index (χ0v) is 17.4. The number of amides is 2. The van der Waals surface area contributed by atoms with E-state index in [0.717, 1.165) is 0 Å². The molecular weight excluding hydrogens is 401 g/mol. The molecule has 0 spiro atoms. The fourth-order valence-corrected chi connectivity index (χ4v) is 4.15. The van der Waals surface area contributed by atoms with Crippen LogP contribution >= 0.6 is 23.2 Å². The van der Waals surface area contributed by atoms with Crippen LogP contribution in [0.4, 0.5) is 0 Å². The second-order valence-corrected chi connectivity index (χ2v) is 7.80. The Hall–Kier alpha value is -2.31. The Kier molecular flexibility index (Phi) is 5.82. The zero-order chi connectivity index (χ0) is 20.6. The summed E-state index contributed by atoms with van der Waals surface area (Å²) >= 11 is 12.0. The maximum absolute atomic E-state index is 12.9. The van der Waals surface area contributed by atoms with Gasteiger partial charge in [-0.05, 0) is 44.5 Å². The SMILES string of the molecule is CC(=O)c1c(C)[nH]c(C(=O)N2CCN(C(=O)c3cc(Cl)cc(Cl)c3)CC2)c1C. The summed E-state index contributed by atoms with van der Waals surface area (Å²) in [6.07, 6.45) is 0. The van der Waals surface area contributed by atoms with Crippen molar-refractivity contribution in [2.45, 2.75) is 20.8 Å². The molecule has 2 heterocycles. The van der Waals surface area contributed by atoms with Crippen LogP contribution in [-0.2, 0) is 0 Å². The van der Waals surface area contributed by atoms with Gasteiger partial charge in [0.1, 0.15) is 5.69 Å². The summed E-state index contributed by atoms with van der Waals surface area (Å²) in [6.45, 7) is 6.69. The highest BCUT2D eigenvalue weighted by atomic mass is 35.5. The lowest BCUT2D eigenvalue weighted by atomic mass is 10.1.